The number of hydrogen-bond donors (Lipinski definition) is 1. The lowest BCUT2D eigenvalue weighted by Gasteiger charge is -2.32. The van der Waals surface area contributed by atoms with E-state index < -0.39 is 16.0 Å². The second kappa shape index (κ2) is 11.0. The first-order valence-corrected chi connectivity index (χ1v) is 13.8. The Kier molecular flexibility index (Phi) is 8.61. The number of nitrogens with one attached hydrogen (secondary N) is 1. The van der Waals surface area contributed by atoms with Crippen LogP contribution in [-0.2, 0) is 26.1 Å². The fourth-order valence-corrected chi connectivity index (χ4v) is 7.31. The van der Waals surface area contributed by atoms with Gasteiger partial charge in [-0.05, 0) is 53.4 Å². The molecule has 1 aromatic heterocycles. The summed E-state index contributed by atoms with van der Waals surface area (Å²) in [6.07, 6.45) is 7.94. The predicted octanol–water partition coefficient (Wildman–Crippen LogP) is 3.54. The van der Waals surface area contributed by atoms with E-state index in [1.54, 1.807) is 20.8 Å². The van der Waals surface area contributed by atoms with Crippen LogP contribution in [0.1, 0.15) is 87.0 Å². The Balaban J connectivity index is 1.85. The largest absolute Gasteiger partial charge is 0.462 e. The van der Waals surface area contributed by atoms with Gasteiger partial charge < -0.3 is 14.6 Å². The molecule has 1 aliphatic heterocycles. The van der Waals surface area contributed by atoms with Crippen molar-refractivity contribution in [1.29, 1.82) is 0 Å². The monoisotopic (exact) mass is 481 g/mol. The van der Waals surface area contributed by atoms with Crippen LogP contribution in [0.4, 0.5) is 0 Å². The van der Waals surface area contributed by atoms with E-state index >= 15 is 0 Å². The quantitative estimate of drug-likeness (QED) is 0.475. The molecule has 0 bridgehead atoms. The summed E-state index contributed by atoms with van der Waals surface area (Å²) >= 11 is 0. The molecule has 1 aromatic rings. The molecule has 1 atom stereocenters. The van der Waals surface area contributed by atoms with Gasteiger partial charge in [0.15, 0.2) is 0 Å². The molecule has 1 saturated heterocycles. The second-order valence-electron chi connectivity index (χ2n) is 9.24. The van der Waals surface area contributed by atoms with Crippen LogP contribution in [0.25, 0.3) is 0 Å². The van der Waals surface area contributed by atoms with Crippen LogP contribution in [0.2, 0.25) is 0 Å². The normalized spacial score (nSPS) is 20.9. The molecule has 0 spiro atoms. The highest BCUT2D eigenvalue weighted by atomic mass is 32.2. The average Bonchev–Trinajstić information content (AvgIpc) is 2.92. The van der Waals surface area contributed by atoms with Crippen molar-refractivity contribution in [3.63, 3.8) is 0 Å². The molecule has 1 saturated carbocycles. The van der Waals surface area contributed by atoms with E-state index in [1.807, 2.05) is 11.5 Å². The van der Waals surface area contributed by atoms with Gasteiger partial charge in [0.05, 0.1) is 12.5 Å². The maximum Gasteiger partial charge on any atom is 0.341 e. The number of piperidine rings is 1. The van der Waals surface area contributed by atoms with Gasteiger partial charge in [-0.1, -0.05) is 25.7 Å². The molecule has 1 aliphatic carbocycles. The number of carbonyl (C=O) groups excluding carboxylic acids is 2. The van der Waals surface area contributed by atoms with Crippen LogP contribution in [0.15, 0.2) is 4.90 Å². The van der Waals surface area contributed by atoms with Crippen LogP contribution in [0, 0.1) is 19.8 Å². The number of sulfonamides is 1. The van der Waals surface area contributed by atoms with Crippen molar-refractivity contribution < 1.29 is 22.7 Å². The SMILES string of the molecule is CCOC(=O)c1c(S(=O)(=O)N2CCC[C@H](C(=O)NC3CCCCCC3)C2)c(C)n(CC)c1C. The number of aromatic nitrogens is 1. The maximum absolute atomic E-state index is 13.8. The summed E-state index contributed by atoms with van der Waals surface area (Å²) in [6, 6.07) is 0.186. The minimum absolute atomic E-state index is 0.0186. The Bertz CT molecular complexity index is 961. The van der Waals surface area contributed by atoms with Crippen LogP contribution >= 0.6 is 0 Å². The summed E-state index contributed by atoms with van der Waals surface area (Å²) in [5, 5.41) is 3.18. The Hall–Kier alpha value is -1.87. The summed E-state index contributed by atoms with van der Waals surface area (Å²) in [6.45, 7) is 8.29. The first kappa shape index (κ1) is 25.7. The summed E-state index contributed by atoms with van der Waals surface area (Å²) in [5.41, 5.74) is 1.23. The van der Waals surface area contributed by atoms with Crippen LogP contribution < -0.4 is 5.32 Å². The molecule has 0 unspecified atom stereocenters. The Morgan fingerprint density at radius 3 is 2.27 bits per heavy atom. The van der Waals surface area contributed by atoms with Crippen molar-refractivity contribution in [3.8, 4) is 0 Å². The maximum atomic E-state index is 13.8. The van der Waals surface area contributed by atoms with E-state index in [4.69, 9.17) is 4.74 Å². The number of hydrogen-bond acceptors (Lipinski definition) is 5. The van der Waals surface area contributed by atoms with Crippen molar-refractivity contribution >= 4 is 21.9 Å². The highest BCUT2D eigenvalue weighted by molar-refractivity contribution is 7.89. The Morgan fingerprint density at radius 2 is 1.67 bits per heavy atom. The van der Waals surface area contributed by atoms with Crippen LogP contribution in [-0.4, -0.2) is 54.9 Å². The molecule has 33 heavy (non-hydrogen) atoms. The van der Waals surface area contributed by atoms with E-state index in [1.165, 1.54) is 17.1 Å². The number of rotatable bonds is 7. The molecule has 8 nitrogen and oxygen atoms in total. The minimum Gasteiger partial charge on any atom is -0.462 e. The smallest absolute Gasteiger partial charge is 0.341 e. The van der Waals surface area contributed by atoms with Gasteiger partial charge >= 0.3 is 5.97 Å². The molecule has 3 rings (SSSR count). The zero-order valence-corrected chi connectivity index (χ0v) is 21.3. The third kappa shape index (κ3) is 5.45. The molecule has 1 amide bonds. The van der Waals surface area contributed by atoms with Crippen molar-refractivity contribution in [1.82, 2.24) is 14.2 Å². The number of ether oxygens (including phenoxy) is 1. The third-order valence-electron chi connectivity index (χ3n) is 7.08. The zero-order valence-electron chi connectivity index (χ0n) is 20.5. The predicted molar refractivity (Wildman–Crippen MR) is 127 cm³/mol. The molecule has 186 valence electrons. The summed E-state index contributed by atoms with van der Waals surface area (Å²) in [4.78, 5) is 25.8. The number of nitrogens with zero attached hydrogens (tertiary/aromatic N) is 2. The molecule has 1 N–H and O–H groups in total. The molecule has 9 heteroatoms. The van der Waals surface area contributed by atoms with E-state index in [0.717, 1.165) is 25.7 Å². The Labute approximate surface area is 198 Å². The van der Waals surface area contributed by atoms with Gasteiger partial charge in [-0.25, -0.2) is 13.2 Å². The van der Waals surface area contributed by atoms with Gasteiger partial charge in [0, 0.05) is 37.1 Å². The first-order valence-electron chi connectivity index (χ1n) is 12.4. The lowest BCUT2D eigenvalue weighted by atomic mass is 9.97. The van der Waals surface area contributed by atoms with Gasteiger partial charge in [0.1, 0.15) is 10.5 Å². The highest BCUT2D eigenvalue weighted by Crippen LogP contribution is 2.32. The fourth-order valence-electron chi connectivity index (χ4n) is 5.33. The van der Waals surface area contributed by atoms with E-state index in [-0.39, 0.29) is 41.5 Å². The average molecular weight is 482 g/mol. The van der Waals surface area contributed by atoms with Gasteiger partial charge in [-0.15, -0.1) is 0 Å². The van der Waals surface area contributed by atoms with Crippen molar-refractivity contribution in [3.05, 3.63) is 17.0 Å². The summed E-state index contributed by atoms with van der Waals surface area (Å²) < 4.78 is 36.0. The number of amides is 1. The van der Waals surface area contributed by atoms with Crippen LogP contribution in [0.5, 0.6) is 0 Å². The van der Waals surface area contributed by atoms with Gasteiger partial charge in [0.2, 0.25) is 15.9 Å². The lowest BCUT2D eigenvalue weighted by molar-refractivity contribution is -0.126. The van der Waals surface area contributed by atoms with Gasteiger partial charge in [0.25, 0.3) is 0 Å². The fraction of sp³-hybridized carbons (Fsp3) is 0.750. The number of esters is 1. The topological polar surface area (TPSA) is 97.7 Å². The highest BCUT2D eigenvalue weighted by Gasteiger charge is 2.39. The van der Waals surface area contributed by atoms with E-state index in [0.29, 0.717) is 37.3 Å². The molecule has 0 aromatic carbocycles. The van der Waals surface area contributed by atoms with E-state index in [9.17, 15) is 18.0 Å². The number of carbonyl (C=O) groups is 2. The summed E-state index contributed by atoms with van der Waals surface area (Å²) in [5.74, 6) is -1.05. The molecular weight excluding hydrogens is 442 g/mol. The minimum atomic E-state index is -3.97. The zero-order chi connectivity index (χ0) is 24.2. The second-order valence-corrected chi connectivity index (χ2v) is 11.1. The van der Waals surface area contributed by atoms with Crippen molar-refractivity contribution in [2.75, 3.05) is 19.7 Å². The lowest BCUT2D eigenvalue weighted by Crippen LogP contribution is -2.47. The van der Waals surface area contributed by atoms with Crippen molar-refractivity contribution in [2.24, 2.45) is 5.92 Å². The molecule has 0 radical (unpaired) electrons. The molecule has 2 heterocycles. The van der Waals surface area contributed by atoms with Gasteiger partial charge in [-0.3, -0.25) is 4.79 Å². The van der Waals surface area contributed by atoms with Crippen LogP contribution in [0.3, 0.4) is 0 Å². The molecule has 2 fully saturated rings. The third-order valence-corrected chi connectivity index (χ3v) is 9.10. The Morgan fingerprint density at radius 1 is 1.00 bits per heavy atom. The van der Waals surface area contributed by atoms with E-state index in [2.05, 4.69) is 5.32 Å². The molecule has 2 aliphatic rings. The standard InChI is InChI=1S/C24H39N3O5S/c1-5-27-17(3)21(24(29)32-6-2)22(18(27)4)33(30,31)26-15-11-12-19(16-26)23(28)25-20-13-9-7-8-10-14-20/h19-20H,5-16H2,1-4H3,(H,25,28)/t19-/m0/s1. The molecular formula is C24H39N3O5S. The first-order chi connectivity index (χ1) is 15.7. The van der Waals surface area contributed by atoms with Crippen molar-refractivity contribution in [2.45, 2.75) is 96.5 Å². The van der Waals surface area contributed by atoms with Gasteiger partial charge in [-0.2, -0.15) is 4.31 Å². The summed E-state index contributed by atoms with van der Waals surface area (Å²) in [7, 11) is -3.97.